The van der Waals surface area contributed by atoms with Gasteiger partial charge in [0.05, 0.1) is 25.2 Å². The summed E-state index contributed by atoms with van der Waals surface area (Å²) in [5, 5.41) is 28.8. The van der Waals surface area contributed by atoms with Gasteiger partial charge in [0.25, 0.3) is 0 Å². The number of aliphatic carboxylic acids is 1. The second kappa shape index (κ2) is 16.5. The fourth-order valence-electron chi connectivity index (χ4n) is 4.90. The van der Waals surface area contributed by atoms with Crippen LogP contribution in [0.25, 0.3) is 0 Å². The molecule has 5 rings (SSSR count). The van der Waals surface area contributed by atoms with Gasteiger partial charge in [-0.25, -0.2) is 9.59 Å². The number of carbonyl (C=O) groups is 4. The average molecular weight is 917 g/mol. The summed E-state index contributed by atoms with van der Waals surface area (Å²) in [6.07, 6.45) is -2.05. The lowest BCUT2D eigenvalue weighted by molar-refractivity contribution is -0.143. The zero-order valence-electron chi connectivity index (χ0n) is 27.0. The lowest BCUT2D eigenvalue weighted by Crippen LogP contribution is -2.60. The van der Waals surface area contributed by atoms with Crippen molar-refractivity contribution in [3.63, 3.8) is 0 Å². The number of amides is 3. The third-order valence-corrected chi connectivity index (χ3v) is 9.27. The summed E-state index contributed by atoms with van der Waals surface area (Å²) in [4.78, 5) is 53.2. The van der Waals surface area contributed by atoms with Crippen LogP contribution in [-0.2, 0) is 43.3 Å². The van der Waals surface area contributed by atoms with Gasteiger partial charge in [0.1, 0.15) is 23.7 Å². The van der Waals surface area contributed by atoms with Crippen LogP contribution >= 0.6 is 54.5 Å². The van der Waals surface area contributed by atoms with Gasteiger partial charge in [0.15, 0.2) is 17.2 Å². The first-order valence-electron chi connectivity index (χ1n) is 15.2. The molecule has 0 spiro atoms. The zero-order chi connectivity index (χ0) is 36.0. The summed E-state index contributed by atoms with van der Waals surface area (Å²) >= 11 is 8.88. The standard InChI is InChI=1S/C34H36Br2IN3O9/c1-17(47-16-18-8-6-5-7-9-18)27-31(43)38-25(32(44)45)14-19-10-21(35)29(22(36)11-19)48-26-15-20(12-23(37)28(26)41)13-24(30(42)40-27)39-33(46)49-34(2,3)4/h5-12,15,17,24-25,27,41H,13-14,16H2,1-4H3,(H,38,43)(H,39,46)(H,40,42)(H,44,45)/t17?,24-,25-,27-/m0/s1. The van der Waals surface area contributed by atoms with Gasteiger partial charge in [-0.05, 0) is 123 Å². The molecule has 0 radical (unpaired) electrons. The molecule has 0 aliphatic carbocycles. The summed E-state index contributed by atoms with van der Waals surface area (Å²) in [5.41, 5.74) is 0.974. The van der Waals surface area contributed by atoms with Crippen LogP contribution in [0.2, 0.25) is 0 Å². The number of aromatic hydroxyl groups is 1. The molecule has 0 saturated carbocycles. The maximum absolute atomic E-state index is 14.0. The number of nitrogens with one attached hydrogen (secondary N) is 3. The highest BCUT2D eigenvalue weighted by Gasteiger charge is 2.35. The minimum Gasteiger partial charge on any atom is -0.504 e. The number of hydrogen-bond donors (Lipinski definition) is 5. The molecule has 0 fully saturated rings. The van der Waals surface area contributed by atoms with Crippen molar-refractivity contribution in [2.24, 2.45) is 0 Å². The minimum atomic E-state index is -1.40. The first-order chi connectivity index (χ1) is 23.0. The molecule has 262 valence electrons. The van der Waals surface area contributed by atoms with E-state index in [4.69, 9.17) is 14.2 Å². The van der Waals surface area contributed by atoms with E-state index in [0.717, 1.165) is 5.56 Å². The number of rotatable bonds is 6. The Morgan fingerprint density at radius 1 is 1.02 bits per heavy atom. The smallest absolute Gasteiger partial charge is 0.408 e. The summed E-state index contributed by atoms with van der Waals surface area (Å²) in [5.74, 6) is -2.67. The van der Waals surface area contributed by atoms with Crippen molar-refractivity contribution in [1.29, 1.82) is 0 Å². The molecular weight excluding hydrogens is 881 g/mol. The highest BCUT2D eigenvalue weighted by molar-refractivity contribution is 14.1. The van der Waals surface area contributed by atoms with E-state index in [0.29, 0.717) is 23.6 Å². The average Bonchev–Trinajstić information content (AvgIpc) is 3.01. The van der Waals surface area contributed by atoms with Crippen LogP contribution in [0.1, 0.15) is 44.4 Å². The fourth-order valence-corrected chi connectivity index (χ4v) is 7.01. The molecule has 12 nitrogen and oxygen atoms in total. The molecule has 2 aliphatic rings. The molecule has 5 N–H and O–H groups in total. The van der Waals surface area contributed by atoms with E-state index in [-0.39, 0.29) is 36.7 Å². The Kier molecular flexibility index (Phi) is 13.0. The van der Waals surface area contributed by atoms with E-state index in [1.807, 2.05) is 52.9 Å². The van der Waals surface area contributed by atoms with Gasteiger partial charge in [-0.2, -0.15) is 0 Å². The number of ether oxygens (including phenoxy) is 3. The van der Waals surface area contributed by atoms with Crippen molar-refractivity contribution in [1.82, 2.24) is 16.0 Å². The predicted octanol–water partition coefficient (Wildman–Crippen LogP) is 5.97. The number of alkyl carbamates (subject to hydrolysis) is 1. The quantitative estimate of drug-likeness (QED) is 0.187. The molecule has 3 aromatic carbocycles. The number of phenolic OH excluding ortho intramolecular Hbond substituents is 1. The number of benzene rings is 3. The lowest BCUT2D eigenvalue weighted by atomic mass is 10.0. The minimum absolute atomic E-state index is 0.0675. The van der Waals surface area contributed by atoms with Crippen LogP contribution in [-0.4, -0.2) is 63.9 Å². The van der Waals surface area contributed by atoms with Crippen LogP contribution in [0.4, 0.5) is 4.79 Å². The first-order valence-corrected chi connectivity index (χ1v) is 17.8. The Bertz CT molecular complexity index is 1700. The second-order valence-corrected chi connectivity index (χ2v) is 15.3. The maximum atomic E-state index is 14.0. The van der Waals surface area contributed by atoms with Gasteiger partial charge in [0.2, 0.25) is 11.8 Å². The molecule has 1 unspecified atom stereocenters. The summed E-state index contributed by atoms with van der Waals surface area (Å²) in [6.45, 7) is 6.71. The van der Waals surface area contributed by atoms with Crippen molar-refractivity contribution in [3.05, 3.63) is 83.8 Å². The number of hydrogen-bond acceptors (Lipinski definition) is 8. The third-order valence-electron chi connectivity index (χ3n) is 7.27. The van der Waals surface area contributed by atoms with Crippen LogP contribution in [0.5, 0.6) is 17.2 Å². The molecule has 0 saturated heterocycles. The van der Waals surface area contributed by atoms with Gasteiger partial charge in [-0.1, -0.05) is 30.3 Å². The van der Waals surface area contributed by atoms with Crippen LogP contribution in [0.15, 0.2) is 63.5 Å². The van der Waals surface area contributed by atoms with E-state index in [1.165, 1.54) is 6.07 Å². The Balaban J connectivity index is 1.80. The Labute approximate surface area is 314 Å². The Morgan fingerprint density at radius 3 is 2.27 bits per heavy atom. The third kappa shape index (κ3) is 10.8. The Hall–Kier alpha value is -3.41. The van der Waals surface area contributed by atoms with Crippen molar-refractivity contribution in [3.8, 4) is 17.2 Å². The van der Waals surface area contributed by atoms with Gasteiger partial charge in [-0.3, -0.25) is 9.59 Å². The van der Waals surface area contributed by atoms with Gasteiger partial charge in [-0.15, -0.1) is 0 Å². The highest BCUT2D eigenvalue weighted by Crippen LogP contribution is 2.42. The molecule has 2 aliphatic heterocycles. The van der Waals surface area contributed by atoms with Crippen molar-refractivity contribution >= 4 is 78.3 Å². The monoisotopic (exact) mass is 915 g/mol. The van der Waals surface area contributed by atoms with E-state index in [1.54, 1.807) is 45.9 Å². The SMILES string of the molecule is CC(OCc1ccccc1)[C@@H]1NC(=O)[C@@H](NC(=O)OC(C)(C)C)Cc2cc(I)c(O)c(c2)Oc2c(Br)cc(cc2Br)C[C@@H](C(=O)O)NC1=O. The van der Waals surface area contributed by atoms with Crippen molar-refractivity contribution in [2.75, 3.05) is 0 Å². The molecule has 49 heavy (non-hydrogen) atoms. The highest BCUT2D eigenvalue weighted by atomic mass is 127. The zero-order valence-corrected chi connectivity index (χ0v) is 32.3. The topological polar surface area (TPSA) is 173 Å². The molecular formula is C34H36Br2IN3O9. The fraction of sp³-hybridized carbons (Fsp3) is 0.353. The van der Waals surface area contributed by atoms with Gasteiger partial charge < -0.3 is 40.4 Å². The number of fused-ring (bicyclic) bond motifs is 10. The molecule has 2 heterocycles. The van der Waals surface area contributed by atoms with Crippen LogP contribution in [0.3, 0.4) is 0 Å². The van der Waals surface area contributed by atoms with E-state index >= 15 is 0 Å². The largest absolute Gasteiger partial charge is 0.504 e. The molecule has 4 bridgehead atoms. The molecule has 15 heteroatoms. The van der Waals surface area contributed by atoms with Gasteiger partial charge >= 0.3 is 12.1 Å². The second-order valence-electron chi connectivity index (χ2n) is 12.4. The van der Waals surface area contributed by atoms with Crippen molar-refractivity contribution < 1.29 is 43.6 Å². The lowest BCUT2D eigenvalue weighted by Gasteiger charge is -2.29. The number of carbonyl (C=O) groups excluding carboxylic acids is 3. The molecule has 3 aromatic rings. The van der Waals surface area contributed by atoms with Crippen LogP contribution in [0, 0.1) is 3.57 Å². The number of carboxylic acids is 1. The predicted molar refractivity (Wildman–Crippen MR) is 195 cm³/mol. The Morgan fingerprint density at radius 2 is 1.65 bits per heavy atom. The number of halogens is 3. The molecule has 0 aromatic heterocycles. The molecule has 3 amide bonds. The van der Waals surface area contributed by atoms with E-state index in [2.05, 4.69) is 47.8 Å². The number of carboxylic acid groups (broad SMARTS) is 1. The summed E-state index contributed by atoms with van der Waals surface area (Å²) in [6, 6.07) is 11.6. The first kappa shape index (κ1) is 38.4. The van der Waals surface area contributed by atoms with Crippen LogP contribution < -0.4 is 20.7 Å². The normalized spacial score (nSPS) is 19.1. The van der Waals surface area contributed by atoms with E-state index in [9.17, 15) is 29.4 Å². The maximum Gasteiger partial charge on any atom is 0.408 e. The summed E-state index contributed by atoms with van der Waals surface area (Å²) in [7, 11) is 0. The molecule has 4 atom stereocenters. The van der Waals surface area contributed by atoms with E-state index < -0.39 is 53.7 Å². The number of phenols is 1. The summed E-state index contributed by atoms with van der Waals surface area (Å²) < 4.78 is 18.8. The van der Waals surface area contributed by atoms with Crippen molar-refractivity contribution in [2.45, 2.75) is 77.0 Å². The van der Waals surface area contributed by atoms with Gasteiger partial charge in [0, 0.05) is 12.8 Å².